The summed E-state index contributed by atoms with van der Waals surface area (Å²) < 4.78 is 27.1. The minimum absolute atomic E-state index is 0.0516. The number of aromatic amines is 1. The number of nitrogens with one attached hydrogen (secondary N) is 2. The molecule has 1 aromatic heterocycles. The smallest absolute Gasteiger partial charge is 0.241 e. The van der Waals surface area contributed by atoms with Crippen molar-refractivity contribution in [2.75, 3.05) is 5.73 Å². The number of aryl methyl sites for hydroxylation is 1. The topological polar surface area (TPSA) is 114 Å². The van der Waals surface area contributed by atoms with Crippen LogP contribution in [-0.4, -0.2) is 23.6 Å². The fourth-order valence-corrected chi connectivity index (χ4v) is 3.29. The molecule has 0 bridgehead atoms. The largest absolute Gasteiger partial charge is 0.398 e. The van der Waals surface area contributed by atoms with E-state index in [2.05, 4.69) is 19.9 Å². The van der Waals surface area contributed by atoms with Gasteiger partial charge in [0.15, 0.2) is 0 Å². The van der Waals surface area contributed by atoms with Gasteiger partial charge in [-0.25, -0.2) is 18.1 Å². The lowest BCUT2D eigenvalue weighted by Crippen LogP contribution is -2.25. The Balaban J connectivity index is 2.32. The molecule has 1 aromatic carbocycles. The van der Waals surface area contributed by atoms with Crippen LogP contribution < -0.4 is 10.5 Å². The molecule has 0 fully saturated rings. The molecule has 0 aliphatic carbocycles. The van der Waals surface area contributed by atoms with Crippen molar-refractivity contribution in [1.29, 1.82) is 0 Å². The second kappa shape index (κ2) is 4.98. The zero-order valence-corrected chi connectivity index (χ0v) is 11.5. The second-order valence-corrected chi connectivity index (χ2v) is 5.89. The minimum atomic E-state index is -3.64. The first-order valence-electron chi connectivity index (χ1n) is 5.61. The number of anilines is 1. The molecule has 2 aromatic rings. The van der Waals surface area contributed by atoms with Crippen LogP contribution in [0.25, 0.3) is 0 Å². The number of hydrogen-bond acceptors (Lipinski definition) is 5. The predicted octanol–water partition coefficient (Wildman–Crippen LogP) is 0.482. The summed E-state index contributed by atoms with van der Waals surface area (Å²) in [4.78, 5) is 4.07. The first-order valence-corrected chi connectivity index (χ1v) is 7.09. The third-order valence-corrected chi connectivity index (χ3v) is 4.50. The molecule has 2 rings (SSSR count). The van der Waals surface area contributed by atoms with Gasteiger partial charge in [-0.05, 0) is 31.0 Å². The molecule has 0 saturated carbocycles. The molecule has 8 heteroatoms. The number of nitrogens with zero attached hydrogens (tertiary/aromatic N) is 2. The maximum Gasteiger partial charge on any atom is 0.241 e. The highest BCUT2D eigenvalue weighted by Crippen LogP contribution is 2.24. The van der Waals surface area contributed by atoms with Gasteiger partial charge in [0.2, 0.25) is 10.0 Å². The number of benzene rings is 1. The van der Waals surface area contributed by atoms with Crippen molar-refractivity contribution >= 4 is 15.7 Å². The van der Waals surface area contributed by atoms with E-state index in [9.17, 15) is 8.42 Å². The van der Waals surface area contributed by atoms with Crippen LogP contribution in [0.5, 0.6) is 0 Å². The average molecular weight is 281 g/mol. The number of H-pyrrole nitrogens is 1. The van der Waals surface area contributed by atoms with Gasteiger partial charge in [0, 0.05) is 5.69 Å². The highest BCUT2D eigenvalue weighted by Gasteiger charge is 2.20. The van der Waals surface area contributed by atoms with E-state index in [0.717, 1.165) is 0 Å². The molecule has 0 unspecified atom stereocenters. The molecule has 19 heavy (non-hydrogen) atoms. The van der Waals surface area contributed by atoms with Crippen molar-refractivity contribution in [1.82, 2.24) is 19.9 Å². The van der Waals surface area contributed by atoms with Gasteiger partial charge < -0.3 is 5.73 Å². The molecule has 0 saturated heterocycles. The van der Waals surface area contributed by atoms with E-state index in [0.29, 0.717) is 22.6 Å². The van der Waals surface area contributed by atoms with Crippen molar-refractivity contribution in [2.45, 2.75) is 25.3 Å². The summed E-state index contributed by atoms with van der Waals surface area (Å²) in [5.41, 5.74) is 7.40. The zero-order valence-electron chi connectivity index (χ0n) is 10.6. The monoisotopic (exact) mass is 281 g/mol. The van der Waals surface area contributed by atoms with Crippen LogP contribution in [0.2, 0.25) is 0 Å². The lowest BCUT2D eigenvalue weighted by Gasteiger charge is -2.13. The SMILES string of the molecule is Cc1ccc(N)c(C)c1S(=O)(=O)NCc1ncn[nH]1. The standard InChI is InChI=1S/C11H15N5O2S/c1-7-3-4-9(12)8(2)11(7)19(17,18)15-5-10-13-6-14-16-10/h3-4,6,15H,5,12H2,1-2H3,(H,13,14,16). The maximum atomic E-state index is 12.3. The maximum absolute atomic E-state index is 12.3. The fraction of sp³-hybridized carbons (Fsp3) is 0.273. The number of nitrogen functional groups attached to an aromatic ring is 1. The van der Waals surface area contributed by atoms with Gasteiger partial charge in [0.1, 0.15) is 12.2 Å². The van der Waals surface area contributed by atoms with Gasteiger partial charge in [-0.15, -0.1) is 0 Å². The van der Waals surface area contributed by atoms with Crippen LogP contribution >= 0.6 is 0 Å². The minimum Gasteiger partial charge on any atom is -0.398 e. The molecule has 0 amide bonds. The molecule has 102 valence electrons. The second-order valence-electron chi connectivity index (χ2n) is 4.18. The molecule has 0 radical (unpaired) electrons. The molecular formula is C11H15N5O2S. The number of nitrogens with two attached hydrogens (primary N) is 1. The van der Waals surface area contributed by atoms with E-state index in [1.165, 1.54) is 6.33 Å². The predicted molar refractivity (Wildman–Crippen MR) is 70.7 cm³/mol. The van der Waals surface area contributed by atoms with Crippen LogP contribution in [-0.2, 0) is 16.6 Å². The third kappa shape index (κ3) is 2.74. The Bertz CT molecular complexity index is 679. The summed E-state index contributed by atoms with van der Waals surface area (Å²) in [6.45, 7) is 3.47. The van der Waals surface area contributed by atoms with Crippen molar-refractivity contribution in [2.24, 2.45) is 0 Å². The van der Waals surface area contributed by atoms with Gasteiger partial charge in [0.05, 0.1) is 11.4 Å². The van der Waals surface area contributed by atoms with Crippen molar-refractivity contribution in [3.8, 4) is 0 Å². The van der Waals surface area contributed by atoms with Gasteiger partial charge in [-0.1, -0.05) is 6.07 Å². The number of aromatic nitrogens is 3. The lowest BCUT2D eigenvalue weighted by molar-refractivity contribution is 0.578. The molecular weight excluding hydrogens is 266 g/mol. The first kappa shape index (κ1) is 13.5. The number of rotatable bonds is 4. The van der Waals surface area contributed by atoms with Gasteiger partial charge in [-0.3, -0.25) is 5.10 Å². The van der Waals surface area contributed by atoms with Gasteiger partial charge in [0.25, 0.3) is 0 Å². The van der Waals surface area contributed by atoms with E-state index in [-0.39, 0.29) is 11.4 Å². The molecule has 1 heterocycles. The molecule has 0 spiro atoms. The third-order valence-electron chi connectivity index (χ3n) is 2.81. The zero-order chi connectivity index (χ0) is 14.0. The van der Waals surface area contributed by atoms with Crippen LogP contribution in [0, 0.1) is 13.8 Å². The lowest BCUT2D eigenvalue weighted by atomic mass is 10.1. The summed E-state index contributed by atoms with van der Waals surface area (Å²) in [5, 5.41) is 6.24. The Labute approximate surface area is 111 Å². The number of hydrogen-bond donors (Lipinski definition) is 3. The summed E-state index contributed by atoms with van der Waals surface area (Å²) >= 11 is 0. The quantitative estimate of drug-likeness (QED) is 0.705. The van der Waals surface area contributed by atoms with Crippen molar-refractivity contribution < 1.29 is 8.42 Å². The van der Waals surface area contributed by atoms with Crippen molar-refractivity contribution in [3.05, 3.63) is 35.4 Å². The fourth-order valence-electron chi connectivity index (χ4n) is 1.81. The molecule has 0 aliphatic rings. The van der Waals surface area contributed by atoms with Gasteiger partial charge in [-0.2, -0.15) is 5.10 Å². The van der Waals surface area contributed by atoms with Gasteiger partial charge >= 0.3 is 0 Å². The van der Waals surface area contributed by atoms with E-state index < -0.39 is 10.0 Å². The van der Waals surface area contributed by atoms with Crippen molar-refractivity contribution in [3.63, 3.8) is 0 Å². The van der Waals surface area contributed by atoms with Crippen LogP contribution in [0.4, 0.5) is 5.69 Å². The summed E-state index contributed by atoms with van der Waals surface area (Å²) in [5.74, 6) is 0.447. The Kier molecular flexibility index (Phi) is 3.54. The van der Waals surface area contributed by atoms with E-state index >= 15 is 0 Å². The van der Waals surface area contributed by atoms with Crippen LogP contribution in [0.3, 0.4) is 0 Å². The summed E-state index contributed by atoms with van der Waals surface area (Å²) in [7, 11) is -3.64. The first-order chi connectivity index (χ1) is 8.92. The van der Waals surface area contributed by atoms with E-state index in [4.69, 9.17) is 5.73 Å². The average Bonchev–Trinajstić information content (AvgIpc) is 2.85. The summed E-state index contributed by atoms with van der Waals surface area (Å²) in [6, 6.07) is 3.38. The highest BCUT2D eigenvalue weighted by molar-refractivity contribution is 7.89. The van der Waals surface area contributed by atoms with Crippen LogP contribution in [0.15, 0.2) is 23.4 Å². The Morgan fingerprint density at radius 3 is 2.74 bits per heavy atom. The molecule has 4 N–H and O–H groups in total. The Morgan fingerprint density at radius 2 is 2.11 bits per heavy atom. The van der Waals surface area contributed by atoms with E-state index in [1.807, 2.05) is 0 Å². The van der Waals surface area contributed by atoms with E-state index in [1.54, 1.807) is 26.0 Å². The molecule has 0 atom stereocenters. The molecule has 7 nitrogen and oxygen atoms in total. The summed E-state index contributed by atoms with van der Waals surface area (Å²) in [6.07, 6.45) is 1.32. The number of sulfonamides is 1. The molecule has 0 aliphatic heterocycles. The highest BCUT2D eigenvalue weighted by atomic mass is 32.2. The normalized spacial score (nSPS) is 11.7. The Morgan fingerprint density at radius 1 is 1.37 bits per heavy atom. The van der Waals surface area contributed by atoms with Crippen LogP contribution in [0.1, 0.15) is 17.0 Å². The Hall–Kier alpha value is -1.93.